The Balaban J connectivity index is 1.39. The second kappa shape index (κ2) is 8.25. The van der Waals surface area contributed by atoms with Gasteiger partial charge < -0.3 is 10.1 Å². The number of aryl methyl sites for hydroxylation is 1. The van der Waals surface area contributed by atoms with Crippen LogP contribution in [0.2, 0.25) is 0 Å². The average Bonchev–Trinajstić information content (AvgIpc) is 2.57. The van der Waals surface area contributed by atoms with Crippen LogP contribution in [0, 0.1) is 18.7 Å². The van der Waals surface area contributed by atoms with Gasteiger partial charge in [0.1, 0.15) is 5.82 Å². The molecule has 1 saturated carbocycles. The first-order valence-corrected chi connectivity index (χ1v) is 9.29. The molecule has 0 spiro atoms. The van der Waals surface area contributed by atoms with Crippen molar-refractivity contribution in [2.45, 2.75) is 63.8 Å². The van der Waals surface area contributed by atoms with Crippen molar-refractivity contribution in [1.29, 1.82) is 0 Å². The Labute approximate surface area is 139 Å². The topological polar surface area (TPSA) is 21.3 Å². The van der Waals surface area contributed by atoms with E-state index in [-0.39, 0.29) is 5.82 Å². The Kier molecular flexibility index (Phi) is 6.07. The maximum Gasteiger partial charge on any atom is 0.123 e. The van der Waals surface area contributed by atoms with Crippen molar-refractivity contribution in [3.05, 3.63) is 35.1 Å². The number of rotatable bonds is 5. The summed E-state index contributed by atoms with van der Waals surface area (Å²) in [6.45, 7) is 5.03. The van der Waals surface area contributed by atoms with Crippen LogP contribution in [0.5, 0.6) is 0 Å². The van der Waals surface area contributed by atoms with Gasteiger partial charge in [-0.15, -0.1) is 0 Å². The van der Waals surface area contributed by atoms with E-state index in [0.29, 0.717) is 12.0 Å². The number of halogens is 1. The van der Waals surface area contributed by atoms with Crippen LogP contribution in [0.1, 0.15) is 62.0 Å². The maximum atomic E-state index is 13.3. The number of ether oxygens (including phenoxy) is 1. The van der Waals surface area contributed by atoms with Gasteiger partial charge in [0.05, 0.1) is 0 Å². The minimum Gasteiger partial charge on any atom is -0.381 e. The van der Waals surface area contributed by atoms with Gasteiger partial charge >= 0.3 is 0 Å². The summed E-state index contributed by atoms with van der Waals surface area (Å²) < 4.78 is 18.7. The Morgan fingerprint density at radius 2 is 1.83 bits per heavy atom. The van der Waals surface area contributed by atoms with Crippen LogP contribution in [-0.4, -0.2) is 25.8 Å². The van der Waals surface area contributed by atoms with Crippen LogP contribution in [0.25, 0.3) is 0 Å². The van der Waals surface area contributed by atoms with E-state index in [1.54, 1.807) is 12.1 Å². The predicted molar refractivity (Wildman–Crippen MR) is 92.3 cm³/mol. The highest BCUT2D eigenvalue weighted by Crippen LogP contribution is 2.38. The van der Waals surface area contributed by atoms with Gasteiger partial charge in [0, 0.05) is 19.3 Å². The minimum absolute atomic E-state index is 0.112. The highest BCUT2D eigenvalue weighted by molar-refractivity contribution is 5.30. The number of nitrogens with one attached hydrogen (secondary N) is 1. The molecule has 1 N–H and O–H groups in total. The Morgan fingerprint density at radius 3 is 2.52 bits per heavy atom. The van der Waals surface area contributed by atoms with Crippen molar-refractivity contribution in [2.75, 3.05) is 19.8 Å². The fourth-order valence-corrected chi connectivity index (χ4v) is 4.25. The van der Waals surface area contributed by atoms with Crippen molar-refractivity contribution in [2.24, 2.45) is 5.92 Å². The molecule has 1 aliphatic carbocycles. The molecule has 0 radical (unpaired) electrons. The van der Waals surface area contributed by atoms with Gasteiger partial charge in [-0.25, -0.2) is 4.39 Å². The van der Waals surface area contributed by atoms with E-state index in [0.717, 1.165) is 44.1 Å². The van der Waals surface area contributed by atoms with Crippen LogP contribution >= 0.6 is 0 Å². The van der Waals surface area contributed by atoms with E-state index in [1.165, 1.54) is 37.7 Å². The number of benzene rings is 1. The molecule has 0 bridgehead atoms. The molecule has 3 rings (SSSR count). The molecular formula is C20H30FNO. The van der Waals surface area contributed by atoms with Crippen LogP contribution in [0.3, 0.4) is 0 Å². The van der Waals surface area contributed by atoms with Gasteiger partial charge in [-0.05, 0) is 93.5 Å². The van der Waals surface area contributed by atoms with Gasteiger partial charge in [0.2, 0.25) is 0 Å². The van der Waals surface area contributed by atoms with Crippen molar-refractivity contribution in [3.8, 4) is 0 Å². The van der Waals surface area contributed by atoms with E-state index < -0.39 is 0 Å². The normalized spacial score (nSPS) is 26.3. The Hall–Kier alpha value is -0.930. The summed E-state index contributed by atoms with van der Waals surface area (Å²) in [4.78, 5) is 0. The first-order valence-electron chi connectivity index (χ1n) is 9.29. The molecule has 1 saturated heterocycles. The molecule has 0 amide bonds. The van der Waals surface area contributed by atoms with Crippen LogP contribution < -0.4 is 5.32 Å². The van der Waals surface area contributed by atoms with Gasteiger partial charge in [0.25, 0.3) is 0 Å². The smallest absolute Gasteiger partial charge is 0.123 e. The Bertz CT molecular complexity index is 490. The lowest BCUT2D eigenvalue weighted by Gasteiger charge is -2.30. The fraction of sp³-hybridized carbons (Fsp3) is 0.700. The summed E-state index contributed by atoms with van der Waals surface area (Å²) in [5, 5.41) is 3.71. The van der Waals surface area contributed by atoms with Gasteiger partial charge in [0.15, 0.2) is 0 Å². The molecule has 0 aromatic heterocycles. The second-order valence-electron chi connectivity index (χ2n) is 7.35. The molecule has 1 aromatic rings. The summed E-state index contributed by atoms with van der Waals surface area (Å²) in [6, 6.07) is 5.97. The van der Waals surface area contributed by atoms with E-state index in [1.807, 2.05) is 13.0 Å². The highest BCUT2D eigenvalue weighted by atomic mass is 19.1. The van der Waals surface area contributed by atoms with Gasteiger partial charge in [-0.2, -0.15) is 0 Å². The SMILES string of the molecule is Cc1cc(F)ccc1C1CCC(CCNC2CCOCC2)CC1. The van der Waals surface area contributed by atoms with Crippen LogP contribution in [0.15, 0.2) is 18.2 Å². The first kappa shape index (κ1) is 16.9. The minimum atomic E-state index is -0.112. The molecule has 1 aromatic carbocycles. The molecule has 23 heavy (non-hydrogen) atoms. The lowest BCUT2D eigenvalue weighted by Crippen LogP contribution is -2.36. The van der Waals surface area contributed by atoms with E-state index in [2.05, 4.69) is 5.32 Å². The molecule has 128 valence electrons. The summed E-state index contributed by atoms with van der Waals surface area (Å²) in [5.41, 5.74) is 2.49. The molecule has 3 heteroatoms. The largest absolute Gasteiger partial charge is 0.381 e. The molecule has 2 fully saturated rings. The molecule has 1 heterocycles. The average molecular weight is 319 g/mol. The summed E-state index contributed by atoms with van der Waals surface area (Å²) in [5.74, 6) is 1.38. The zero-order chi connectivity index (χ0) is 16.1. The lowest BCUT2D eigenvalue weighted by atomic mass is 9.76. The molecular weight excluding hydrogens is 289 g/mol. The number of hydrogen-bond donors (Lipinski definition) is 1. The summed E-state index contributed by atoms with van der Waals surface area (Å²) in [6.07, 6.45) is 8.77. The third-order valence-corrected chi connectivity index (χ3v) is 5.73. The molecule has 2 aliphatic rings. The quantitative estimate of drug-likeness (QED) is 0.858. The van der Waals surface area contributed by atoms with E-state index >= 15 is 0 Å². The summed E-state index contributed by atoms with van der Waals surface area (Å²) >= 11 is 0. The zero-order valence-corrected chi connectivity index (χ0v) is 14.3. The first-order chi connectivity index (χ1) is 11.2. The molecule has 0 unspecified atom stereocenters. The highest BCUT2D eigenvalue weighted by Gasteiger charge is 2.23. The molecule has 2 nitrogen and oxygen atoms in total. The second-order valence-corrected chi connectivity index (χ2v) is 7.35. The lowest BCUT2D eigenvalue weighted by molar-refractivity contribution is 0.0775. The van der Waals surface area contributed by atoms with Gasteiger partial charge in [-0.3, -0.25) is 0 Å². The maximum absolute atomic E-state index is 13.3. The third-order valence-electron chi connectivity index (χ3n) is 5.73. The van der Waals surface area contributed by atoms with Crippen molar-refractivity contribution >= 4 is 0 Å². The van der Waals surface area contributed by atoms with Crippen LogP contribution in [-0.2, 0) is 4.74 Å². The van der Waals surface area contributed by atoms with Crippen molar-refractivity contribution < 1.29 is 9.13 Å². The fourth-order valence-electron chi connectivity index (χ4n) is 4.25. The van der Waals surface area contributed by atoms with Gasteiger partial charge in [-0.1, -0.05) is 6.07 Å². The number of hydrogen-bond acceptors (Lipinski definition) is 2. The Morgan fingerprint density at radius 1 is 1.09 bits per heavy atom. The summed E-state index contributed by atoms with van der Waals surface area (Å²) in [7, 11) is 0. The van der Waals surface area contributed by atoms with E-state index in [4.69, 9.17) is 4.74 Å². The van der Waals surface area contributed by atoms with Crippen molar-refractivity contribution in [3.63, 3.8) is 0 Å². The standard InChI is InChI=1S/C20H30FNO/c1-15-14-18(21)6-7-20(15)17-4-2-16(3-5-17)8-11-22-19-9-12-23-13-10-19/h6-7,14,16-17,19,22H,2-5,8-13H2,1H3. The van der Waals surface area contributed by atoms with Crippen LogP contribution in [0.4, 0.5) is 4.39 Å². The third kappa shape index (κ3) is 4.77. The molecule has 0 atom stereocenters. The monoisotopic (exact) mass is 319 g/mol. The predicted octanol–water partition coefficient (Wildman–Crippen LogP) is 4.57. The zero-order valence-electron chi connectivity index (χ0n) is 14.3. The van der Waals surface area contributed by atoms with Crippen molar-refractivity contribution in [1.82, 2.24) is 5.32 Å². The molecule has 1 aliphatic heterocycles. The van der Waals surface area contributed by atoms with E-state index in [9.17, 15) is 4.39 Å².